The van der Waals surface area contributed by atoms with Crippen LogP contribution in [0.2, 0.25) is 5.02 Å². The molecule has 1 unspecified atom stereocenters. The van der Waals surface area contributed by atoms with Gasteiger partial charge in [-0.25, -0.2) is 4.39 Å². The van der Waals surface area contributed by atoms with Crippen LogP contribution in [0.1, 0.15) is 43.1 Å². The Morgan fingerprint density at radius 3 is 2.44 bits per heavy atom. The summed E-state index contributed by atoms with van der Waals surface area (Å²) in [6, 6.07) is 3.21. The van der Waals surface area contributed by atoms with Crippen molar-refractivity contribution in [2.24, 2.45) is 5.41 Å². The first-order valence-electron chi connectivity index (χ1n) is 5.30. The number of halogens is 3. The summed E-state index contributed by atoms with van der Waals surface area (Å²) < 4.78 is 13.3. The molecular formula is C13H17BrClF. The predicted molar refractivity (Wildman–Crippen MR) is 71.9 cm³/mol. The highest BCUT2D eigenvalue weighted by Crippen LogP contribution is 2.39. The molecule has 90 valence electrons. The van der Waals surface area contributed by atoms with Gasteiger partial charge in [0.25, 0.3) is 0 Å². The summed E-state index contributed by atoms with van der Waals surface area (Å²) in [5, 5.41) is 0.495. The third-order valence-corrected chi connectivity index (χ3v) is 3.55. The van der Waals surface area contributed by atoms with Crippen molar-refractivity contribution >= 4 is 27.5 Å². The van der Waals surface area contributed by atoms with Gasteiger partial charge < -0.3 is 0 Å². The maximum Gasteiger partial charge on any atom is 0.127 e. The minimum Gasteiger partial charge on any atom is -0.207 e. The lowest BCUT2D eigenvalue weighted by molar-refractivity contribution is 0.377. The first kappa shape index (κ1) is 14.0. The van der Waals surface area contributed by atoms with Crippen LogP contribution < -0.4 is 0 Å². The smallest absolute Gasteiger partial charge is 0.127 e. The summed E-state index contributed by atoms with van der Waals surface area (Å²) in [4.78, 5) is 0.166. The Morgan fingerprint density at radius 1 is 1.38 bits per heavy atom. The van der Waals surface area contributed by atoms with Crippen molar-refractivity contribution in [1.82, 2.24) is 0 Å². The summed E-state index contributed by atoms with van der Waals surface area (Å²) in [5.74, 6) is -0.246. The molecule has 0 nitrogen and oxygen atoms in total. The molecule has 0 radical (unpaired) electrons. The molecule has 0 aromatic heterocycles. The standard InChI is InChI=1S/C13H17BrClF/c1-8-5-9(11(15)6-12(8)16)10(14)7-13(2,3)4/h5-6,10H,7H2,1-4H3. The Morgan fingerprint density at radius 2 is 1.94 bits per heavy atom. The van der Waals surface area contributed by atoms with E-state index < -0.39 is 0 Å². The molecule has 0 aliphatic rings. The molecule has 0 bridgehead atoms. The fourth-order valence-electron chi connectivity index (χ4n) is 1.57. The highest BCUT2D eigenvalue weighted by molar-refractivity contribution is 9.09. The fourth-order valence-corrected chi connectivity index (χ4v) is 3.33. The van der Waals surface area contributed by atoms with Crippen LogP contribution in [0.3, 0.4) is 0 Å². The molecule has 1 rings (SSSR count). The first-order chi connectivity index (χ1) is 7.20. The van der Waals surface area contributed by atoms with Crippen LogP contribution in [0.4, 0.5) is 4.39 Å². The van der Waals surface area contributed by atoms with Gasteiger partial charge in [-0.05, 0) is 36.0 Å². The zero-order valence-corrected chi connectivity index (χ0v) is 12.4. The van der Waals surface area contributed by atoms with Crippen LogP contribution >= 0.6 is 27.5 Å². The number of hydrogen-bond acceptors (Lipinski definition) is 0. The van der Waals surface area contributed by atoms with Crippen LogP contribution in [0.5, 0.6) is 0 Å². The third-order valence-electron chi connectivity index (χ3n) is 2.41. The second-order valence-electron chi connectivity index (χ2n) is 5.36. The van der Waals surface area contributed by atoms with E-state index in [0.717, 1.165) is 12.0 Å². The summed E-state index contributed by atoms with van der Waals surface area (Å²) >= 11 is 9.68. The maximum absolute atomic E-state index is 13.3. The van der Waals surface area contributed by atoms with Crippen molar-refractivity contribution in [1.29, 1.82) is 0 Å². The number of benzene rings is 1. The van der Waals surface area contributed by atoms with E-state index in [1.807, 2.05) is 6.07 Å². The van der Waals surface area contributed by atoms with E-state index in [1.54, 1.807) is 6.92 Å². The Kier molecular flexibility index (Phi) is 4.42. The SMILES string of the molecule is Cc1cc(C(Br)CC(C)(C)C)c(Cl)cc1F. The minimum atomic E-state index is -0.246. The largest absolute Gasteiger partial charge is 0.207 e. The summed E-state index contributed by atoms with van der Waals surface area (Å²) in [6.45, 7) is 8.27. The molecule has 1 aromatic rings. The van der Waals surface area contributed by atoms with E-state index >= 15 is 0 Å². The Hall–Kier alpha value is -0.0800. The van der Waals surface area contributed by atoms with E-state index in [0.29, 0.717) is 10.6 Å². The van der Waals surface area contributed by atoms with Gasteiger partial charge in [0.05, 0.1) is 0 Å². The topological polar surface area (TPSA) is 0 Å². The van der Waals surface area contributed by atoms with Crippen molar-refractivity contribution in [2.75, 3.05) is 0 Å². The molecule has 0 spiro atoms. The van der Waals surface area contributed by atoms with Crippen molar-refractivity contribution < 1.29 is 4.39 Å². The van der Waals surface area contributed by atoms with Crippen LogP contribution in [-0.4, -0.2) is 0 Å². The van der Waals surface area contributed by atoms with Crippen LogP contribution in [-0.2, 0) is 0 Å². The average Bonchev–Trinajstić information content (AvgIpc) is 2.08. The van der Waals surface area contributed by atoms with Crippen LogP contribution in [0.15, 0.2) is 12.1 Å². The molecule has 1 aromatic carbocycles. The van der Waals surface area contributed by atoms with E-state index in [9.17, 15) is 4.39 Å². The fraction of sp³-hybridized carbons (Fsp3) is 0.538. The number of alkyl halides is 1. The van der Waals surface area contributed by atoms with Gasteiger partial charge in [0.2, 0.25) is 0 Å². The quantitative estimate of drug-likeness (QED) is 0.618. The molecule has 16 heavy (non-hydrogen) atoms. The van der Waals surface area contributed by atoms with Crippen LogP contribution in [0.25, 0.3) is 0 Å². The molecular weight excluding hydrogens is 290 g/mol. The van der Waals surface area contributed by atoms with Gasteiger partial charge in [0, 0.05) is 9.85 Å². The van der Waals surface area contributed by atoms with Crippen molar-refractivity contribution in [3.05, 3.63) is 34.1 Å². The Balaban J connectivity index is 3.00. The molecule has 0 fully saturated rings. The van der Waals surface area contributed by atoms with E-state index in [2.05, 4.69) is 36.7 Å². The summed E-state index contributed by atoms with van der Waals surface area (Å²) in [5.41, 5.74) is 1.81. The second kappa shape index (κ2) is 5.05. The molecule has 3 heteroatoms. The Bertz CT molecular complexity index is 382. The molecule has 0 heterocycles. The first-order valence-corrected chi connectivity index (χ1v) is 6.59. The minimum absolute atomic E-state index is 0.166. The van der Waals surface area contributed by atoms with Crippen molar-refractivity contribution in [3.8, 4) is 0 Å². The van der Waals surface area contributed by atoms with Gasteiger partial charge in [-0.1, -0.05) is 54.4 Å². The zero-order valence-electron chi connectivity index (χ0n) is 10.1. The van der Waals surface area contributed by atoms with Crippen molar-refractivity contribution in [2.45, 2.75) is 38.9 Å². The number of hydrogen-bond donors (Lipinski definition) is 0. The van der Waals surface area contributed by atoms with Gasteiger partial charge in [0.15, 0.2) is 0 Å². The average molecular weight is 308 g/mol. The number of rotatable bonds is 2. The van der Waals surface area contributed by atoms with Gasteiger partial charge in [0.1, 0.15) is 5.82 Å². The van der Waals surface area contributed by atoms with Crippen molar-refractivity contribution in [3.63, 3.8) is 0 Å². The lowest BCUT2D eigenvalue weighted by Gasteiger charge is -2.23. The molecule has 0 amide bonds. The molecule has 0 N–H and O–H groups in total. The zero-order chi connectivity index (χ0) is 12.5. The maximum atomic E-state index is 13.3. The van der Waals surface area contributed by atoms with Gasteiger partial charge in [-0.3, -0.25) is 0 Å². The Labute approximate surface area is 110 Å². The molecule has 0 saturated carbocycles. The summed E-state index contributed by atoms with van der Waals surface area (Å²) in [7, 11) is 0. The van der Waals surface area contributed by atoms with Gasteiger partial charge in [-0.15, -0.1) is 0 Å². The number of aryl methyl sites for hydroxylation is 1. The van der Waals surface area contributed by atoms with Gasteiger partial charge in [-0.2, -0.15) is 0 Å². The second-order valence-corrected chi connectivity index (χ2v) is 6.87. The van der Waals surface area contributed by atoms with E-state index in [4.69, 9.17) is 11.6 Å². The lowest BCUT2D eigenvalue weighted by atomic mass is 9.88. The van der Waals surface area contributed by atoms with Gasteiger partial charge >= 0.3 is 0 Å². The third kappa shape index (κ3) is 3.74. The molecule has 0 saturated heterocycles. The molecule has 1 atom stereocenters. The van der Waals surface area contributed by atoms with E-state index in [-0.39, 0.29) is 16.1 Å². The molecule has 0 aliphatic carbocycles. The normalized spacial score (nSPS) is 13.9. The van der Waals surface area contributed by atoms with E-state index in [1.165, 1.54) is 6.07 Å². The highest BCUT2D eigenvalue weighted by Gasteiger charge is 2.20. The monoisotopic (exact) mass is 306 g/mol. The summed E-state index contributed by atoms with van der Waals surface area (Å²) in [6.07, 6.45) is 0.956. The lowest BCUT2D eigenvalue weighted by Crippen LogP contribution is -2.09. The predicted octanol–water partition coefficient (Wildman–Crippen LogP) is 5.66. The van der Waals surface area contributed by atoms with Crippen LogP contribution in [0, 0.1) is 18.2 Å². The highest BCUT2D eigenvalue weighted by atomic mass is 79.9. The molecule has 0 aliphatic heterocycles.